The van der Waals surface area contributed by atoms with Gasteiger partial charge in [0.25, 0.3) is 5.91 Å². The number of likely N-dealkylation sites (N-methyl/N-ethyl adjacent to an activating group) is 1. The Labute approximate surface area is 268 Å². The zero-order chi connectivity index (χ0) is 32.5. The van der Waals surface area contributed by atoms with Gasteiger partial charge in [-0.3, -0.25) is 9.59 Å². The van der Waals surface area contributed by atoms with Gasteiger partial charge in [-0.2, -0.15) is 0 Å². The lowest BCUT2D eigenvalue weighted by molar-refractivity contribution is -0.126. The van der Waals surface area contributed by atoms with Gasteiger partial charge in [0.1, 0.15) is 12.7 Å². The Morgan fingerprint density at radius 2 is 1.60 bits per heavy atom. The van der Waals surface area contributed by atoms with Crippen molar-refractivity contribution in [2.24, 2.45) is 0 Å². The number of aryl methyl sites for hydroxylation is 2. The van der Waals surface area contributed by atoms with Crippen molar-refractivity contribution in [1.29, 1.82) is 0 Å². The summed E-state index contributed by atoms with van der Waals surface area (Å²) in [7, 11) is 3.91. The average Bonchev–Trinajstić information content (AvgIpc) is 3.43. The van der Waals surface area contributed by atoms with Crippen LogP contribution in [0.1, 0.15) is 105 Å². The Kier molecular flexibility index (Phi) is 12.1. The van der Waals surface area contributed by atoms with E-state index in [1.807, 2.05) is 43.0 Å². The molecule has 0 bridgehead atoms. The Morgan fingerprint density at radius 3 is 2.29 bits per heavy atom. The Morgan fingerprint density at radius 1 is 0.911 bits per heavy atom. The molecule has 2 aromatic carbocycles. The minimum atomic E-state index is -0.271. The first kappa shape index (κ1) is 34.5. The number of rotatable bonds is 15. The van der Waals surface area contributed by atoms with Crippen LogP contribution in [0.3, 0.4) is 0 Å². The number of nitrogens with zero attached hydrogens (tertiary/aromatic N) is 3. The molecule has 0 saturated heterocycles. The lowest BCUT2D eigenvalue weighted by Gasteiger charge is -2.24. The van der Waals surface area contributed by atoms with Crippen LogP contribution in [-0.4, -0.2) is 65.0 Å². The molecule has 1 aliphatic carbocycles. The number of carbonyl (C=O) groups is 2. The first-order valence-electron chi connectivity index (χ1n) is 16.4. The van der Waals surface area contributed by atoms with Crippen LogP contribution < -0.4 is 16.0 Å². The molecule has 1 amide bonds. The summed E-state index contributed by atoms with van der Waals surface area (Å²) in [5.74, 6) is -0.0118. The number of fused-ring (bicyclic) bond motifs is 1. The number of carbonyl (C=O) groups excluding carboxylic acids is 2. The van der Waals surface area contributed by atoms with Crippen molar-refractivity contribution in [1.82, 2.24) is 30.9 Å². The third-order valence-electron chi connectivity index (χ3n) is 9.03. The van der Waals surface area contributed by atoms with Gasteiger partial charge in [0, 0.05) is 29.6 Å². The second-order valence-corrected chi connectivity index (χ2v) is 13.6. The van der Waals surface area contributed by atoms with Crippen LogP contribution in [0, 0.1) is 0 Å². The van der Waals surface area contributed by atoms with Gasteiger partial charge >= 0.3 is 0 Å². The minimum absolute atomic E-state index is 0.0414. The van der Waals surface area contributed by atoms with Crippen LogP contribution in [0.15, 0.2) is 48.5 Å². The van der Waals surface area contributed by atoms with E-state index < -0.39 is 0 Å². The monoisotopic (exact) mass is 616 g/mol. The minimum Gasteiger partial charge on any atom is -0.364 e. The van der Waals surface area contributed by atoms with E-state index in [0.717, 1.165) is 67.6 Å². The van der Waals surface area contributed by atoms with Gasteiger partial charge in [0.15, 0.2) is 5.78 Å². The predicted molar refractivity (Wildman–Crippen MR) is 179 cm³/mol. The molecule has 1 unspecified atom stereocenters. The van der Waals surface area contributed by atoms with E-state index >= 15 is 0 Å². The van der Waals surface area contributed by atoms with Crippen LogP contribution in [0.5, 0.6) is 0 Å². The van der Waals surface area contributed by atoms with Crippen molar-refractivity contribution in [2.75, 3.05) is 27.2 Å². The fraction of sp³-hybridized carbons (Fsp3) is 0.556. The van der Waals surface area contributed by atoms with Crippen LogP contribution >= 0.6 is 0 Å². The van der Waals surface area contributed by atoms with E-state index in [0.29, 0.717) is 24.9 Å². The number of nitrogens with one attached hydrogen (secondary N) is 3. The maximum atomic E-state index is 12.9. The molecule has 4 rings (SSSR count). The van der Waals surface area contributed by atoms with Crippen LogP contribution in [0.25, 0.3) is 5.69 Å². The maximum absolute atomic E-state index is 12.9. The Bertz CT molecular complexity index is 1400. The molecule has 0 saturated carbocycles. The highest BCUT2D eigenvalue weighted by molar-refractivity contribution is 5.94. The molecule has 244 valence electrons. The van der Waals surface area contributed by atoms with Crippen molar-refractivity contribution in [3.05, 3.63) is 76.6 Å². The summed E-state index contributed by atoms with van der Waals surface area (Å²) in [5, 5.41) is 18.6. The maximum Gasteiger partial charge on any atom is 0.251 e. The van der Waals surface area contributed by atoms with Crippen LogP contribution in [0.2, 0.25) is 0 Å². The normalized spacial score (nSPS) is 15.6. The molecule has 3 aromatic rings. The summed E-state index contributed by atoms with van der Waals surface area (Å²) in [5.41, 5.74) is 5.68. The quantitative estimate of drug-likeness (QED) is 0.213. The van der Waals surface area contributed by atoms with Crippen molar-refractivity contribution < 1.29 is 14.3 Å². The van der Waals surface area contributed by atoms with E-state index in [1.165, 1.54) is 5.56 Å². The standard InChI is InChI=1S/C36H52N6O3/c1-35(2,37-5)22-23-39-34(44)28-17-19-29(20-18-28)42-33-31(40-41-42)10-8-7-9-11-32(33)45-25-30(43)21-16-26-12-14-27(15-13-26)24-36(3,4)38-6/h12-15,17-20,32,37-38H,7-11,16,21-25H2,1-6H3,(H,39,44). The van der Waals surface area contributed by atoms with Gasteiger partial charge in [-0.05, 0) is 116 Å². The molecule has 0 spiro atoms. The molecule has 9 nitrogen and oxygen atoms in total. The third kappa shape index (κ3) is 10.0. The van der Waals surface area contributed by atoms with E-state index in [9.17, 15) is 9.59 Å². The molecule has 9 heteroatoms. The highest BCUT2D eigenvalue weighted by Gasteiger charge is 2.26. The third-order valence-corrected chi connectivity index (χ3v) is 9.03. The average molecular weight is 617 g/mol. The molecule has 0 fully saturated rings. The summed E-state index contributed by atoms with van der Waals surface area (Å²) >= 11 is 0. The fourth-order valence-corrected chi connectivity index (χ4v) is 5.55. The van der Waals surface area contributed by atoms with Crippen molar-refractivity contribution >= 4 is 11.7 Å². The van der Waals surface area contributed by atoms with Gasteiger partial charge in [-0.1, -0.05) is 42.3 Å². The number of ether oxygens (including phenoxy) is 1. The molecule has 1 heterocycles. The molecule has 0 aliphatic heterocycles. The van der Waals surface area contributed by atoms with Gasteiger partial charge < -0.3 is 20.7 Å². The number of amides is 1. The first-order chi connectivity index (χ1) is 21.5. The van der Waals surface area contributed by atoms with Gasteiger partial charge in [-0.15, -0.1) is 5.10 Å². The number of aromatic nitrogens is 3. The van der Waals surface area contributed by atoms with Crippen molar-refractivity contribution in [3.8, 4) is 5.69 Å². The molecule has 3 N–H and O–H groups in total. The summed E-state index contributed by atoms with van der Waals surface area (Å²) in [6, 6.07) is 16.0. The highest BCUT2D eigenvalue weighted by Crippen LogP contribution is 2.31. The SMILES string of the molecule is CNC(C)(C)CCNC(=O)c1ccc(-n2nnc3c2C(OCC(=O)CCc2ccc(CC(C)(C)NC)cc2)CCCCC3)cc1. The van der Waals surface area contributed by atoms with E-state index in [2.05, 4.69) is 78.2 Å². The number of Topliss-reactive ketones (excluding diaryl/α,β-unsaturated/α-hetero) is 1. The zero-order valence-corrected chi connectivity index (χ0v) is 28.0. The van der Waals surface area contributed by atoms with Crippen molar-refractivity contribution in [2.45, 2.75) is 103 Å². The zero-order valence-electron chi connectivity index (χ0n) is 28.0. The Hall–Kier alpha value is -3.40. The van der Waals surface area contributed by atoms with E-state index in [4.69, 9.17) is 4.74 Å². The number of benzene rings is 2. The van der Waals surface area contributed by atoms with Crippen molar-refractivity contribution in [3.63, 3.8) is 0 Å². The molecular weight excluding hydrogens is 564 g/mol. The van der Waals surface area contributed by atoms with E-state index in [-0.39, 0.29) is 35.5 Å². The lowest BCUT2D eigenvalue weighted by Crippen LogP contribution is -2.40. The summed E-state index contributed by atoms with van der Waals surface area (Å²) in [4.78, 5) is 25.7. The van der Waals surface area contributed by atoms with Crippen LogP contribution in [0.4, 0.5) is 0 Å². The van der Waals surface area contributed by atoms with Gasteiger partial charge in [-0.25, -0.2) is 4.68 Å². The largest absolute Gasteiger partial charge is 0.364 e. The molecule has 1 aromatic heterocycles. The smallest absolute Gasteiger partial charge is 0.251 e. The summed E-state index contributed by atoms with van der Waals surface area (Å²) < 4.78 is 8.14. The molecule has 1 aliphatic rings. The number of ketones is 1. The van der Waals surface area contributed by atoms with E-state index in [1.54, 1.807) is 0 Å². The number of hydrogen-bond donors (Lipinski definition) is 3. The number of hydrogen-bond acceptors (Lipinski definition) is 7. The molecule has 45 heavy (non-hydrogen) atoms. The second-order valence-electron chi connectivity index (χ2n) is 13.6. The molecule has 1 atom stereocenters. The summed E-state index contributed by atoms with van der Waals surface area (Å²) in [6.07, 6.45) is 7.43. The summed E-state index contributed by atoms with van der Waals surface area (Å²) in [6.45, 7) is 9.24. The highest BCUT2D eigenvalue weighted by atomic mass is 16.5. The second kappa shape index (κ2) is 15.7. The lowest BCUT2D eigenvalue weighted by atomic mass is 9.94. The topological polar surface area (TPSA) is 110 Å². The predicted octanol–water partition coefficient (Wildman–Crippen LogP) is 5.30. The molecule has 0 radical (unpaired) electrons. The van der Waals surface area contributed by atoms with Crippen LogP contribution in [-0.2, 0) is 28.8 Å². The van der Waals surface area contributed by atoms with Gasteiger partial charge in [0.05, 0.1) is 17.1 Å². The molecular formula is C36H52N6O3. The van der Waals surface area contributed by atoms with Gasteiger partial charge in [0.2, 0.25) is 0 Å². The fourth-order valence-electron chi connectivity index (χ4n) is 5.55. The first-order valence-corrected chi connectivity index (χ1v) is 16.4. The Balaban J connectivity index is 1.37.